The SMILES string of the molecule is CCCNC1C(CN2CC(C)OC(C)(C)C2)CCC1(C)C. The fourth-order valence-corrected chi connectivity index (χ4v) is 4.51. The van der Waals surface area contributed by atoms with Crippen LogP contribution in [-0.4, -0.2) is 48.8 Å². The molecule has 0 aromatic carbocycles. The lowest BCUT2D eigenvalue weighted by molar-refractivity contribution is -0.131. The Morgan fingerprint density at radius 3 is 2.57 bits per heavy atom. The molecule has 0 aromatic heterocycles. The van der Waals surface area contributed by atoms with Gasteiger partial charge < -0.3 is 10.1 Å². The van der Waals surface area contributed by atoms with Crippen molar-refractivity contribution >= 4 is 0 Å². The first kappa shape index (κ1) is 17.2. The fourth-order valence-electron chi connectivity index (χ4n) is 4.51. The summed E-state index contributed by atoms with van der Waals surface area (Å²) in [5.74, 6) is 0.785. The number of nitrogens with one attached hydrogen (secondary N) is 1. The fraction of sp³-hybridized carbons (Fsp3) is 1.00. The molecule has 0 aromatic rings. The summed E-state index contributed by atoms with van der Waals surface area (Å²) in [6.45, 7) is 18.3. The van der Waals surface area contributed by atoms with Gasteiger partial charge in [0, 0.05) is 25.7 Å². The van der Waals surface area contributed by atoms with E-state index in [0.717, 1.165) is 25.6 Å². The number of hydrogen-bond acceptors (Lipinski definition) is 3. The van der Waals surface area contributed by atoms with Crippen LogP contribution in [0.1, 0.15) is 60.8 Å². The first-order valence-electron chi connectivity index (χ1n) is 8.87. The smallest absolute Gasteiger partial charge is 0.0757 e. The van der Waals surface area contributed by atoms with Crippen LogP contribution >= 0.6 is 0 Å². The zero-order valence-corrected chi connectivity index (χ0v) is 15.0. The maximum Gasteiger partial charge on any atom is 0.0757 e. The molecule has 2 aliphatic rings. The lowest BCUT2D eigenvalue weighted by atomic mass is 9.84. The molecule has 124 valence electrons. The van der Waals surface area contributed by atoms with Crippen molar-refractivity contribution in [2.75, 3.05) is 26.2 Å². The molecule has 2 fully saturated rings. The Labute approximate surface area is 131 Å². The molecule has 1 heterocycles. The highest BCUT2D eigenvalue weighted by Gasteiger charge is 2.43. The van der Waals surface area contributed by atoms with E-state index in [0.29, 0.717) is 17.6 Å². The van der Waals surface area contributed by atoms with Crippen LogP contribution in [-0.2, 0) is 4.74 Å². The van der Waals surface area contributed by atoms with Crippen molar-refractivity contribution in [1.29, 1.82) is 0 Å². The average Bonchev–Trinajstić information content (AvgIpc) is 2.59. The summed E-state index contributed by atoms with van der Waals surface area (Å²) in [4.78, 5) is 2.64. The van der Waals surface area contributed by atoms with Crippen molar-refractivity contribution in [2.24, 2.45) is 11.3 Å². The van der Waals surface area contributed by atoms with Gasteiger partial charge in [-0.1, -0.05) is 20.8 Å². The first-order valence-corrected chi connectivity index (χ1v) is 8.87. The molecule has 2 rings (SSSR count). The van der Waals surface area contributed by atoms with Crippen LogP contribution in [0.25, 0.3) is 0 Å². The van der Waals surface area contributed by atoms with Crippen molar-refractivity contribution in [2.45, 2.75) is 78.6 Å². The molecule has 1 saturated carbocycles. The molecule has 1 saturated heterocycles. The Morgan fingerprint density at radius 2 is 1.95 bits per heavy atom. The molecule has 21 heavy (non-hydrogen) atoms. The molecule has 3 atom stereocenters. The monoisotopic (exact) mass is 296 g/mol. The number of hydrogen-bond donors (Lipinski definition) is 1. The predicted molar refractivity (Wildman–Crippen MR) is 89.7 cm³/mol. The van der Waals surface area contributed by atoms with Gasteiger partial charge in [-0.3, -0.25) is 4.90 Å². The first-order chi connectivity index (χ1) is 9.73. The normalized spacial score (nSPS) is 36.0. The summed E-state index contributed by atoms with van der Waals surface area (Å²) >= 11 is 0. The molecule has 3 unspecified atom stereocenters. The van der Waals surface area contributed by atoms with Gasteiger partial charge in [-0.15, -0.1) is 0 Å². The molecule has 1 aliphatic heterocycles. The van der Waals surface area contributed by atoms with Crippen LogP contribution < -0.4 is 5.32 Å². The molecule has 3 heteroatoms. The number of ether oxygens (including phenoxy) is 1. The molecular formula is C18H36N2O. The summed E-state index contributed by atoms with van der Waals surface area (Å²) < 4.78 is 6.04. The number of nitrogens with zero attached hydrogens (tertiary/aromatic N) is 1. The highest BCUT2D eigenvalue weighted by molar-refractivity contribution is 4.98. The van der Waals surface area contributed by atoms with Crippen LogP contribution in [0.5, 0.6) is 0 Å². The molecule has 0 amide bonds. The van der Waals surface area contributed by atoms with Gasteiger partial charge in [-0.2, -0.15) is 0 Å². The third-order valence-electron chi connectivity index (χ3n) is 5.22. The van der Waals surface area contributed by atoms with Gasteiger partial charge in [0.15, 0.2) is 0 Å². The van der Waals surface area contributed by atoms with Crippen molar-refractivity contribution in [3.05, 3.63) is 0 Å². The molecule has 0 radical (unpaired) electrons. The van der Waals surface area contributed by atoms with Crippen molar-refractivity contribution in [1.82, 2.24) is 10.2 Å². The Kier molecular flexibility index (Phi) is 5.38. The third-order valence-corrected chi connectivity index (χ3v) is 5.22. The lowest BCUT2D eigenvalue weighted by Crippen LogP contribution is -2.54. The van der Waals surface area contributed by atoms with Gasteiger partial charge in [0.1, 0.15) is 0 Å². The van der Waals surface area contributed by atoms with E-state index in [1.165, 1.54) is 25.8 Å². The maximum absolute atomic E-state index is 6.04. The molecular weight excluding hydrogens is 260 g/mol. The van der Waals surface area contributed by atoms with Crippen LogP contribution in [0.3, 0.4) is 0 Å². The molecule has 1 aliphatic carbocycles. The zero-order valence-electron chi connectivity index (χ0n) is 15.0. The second-order valence-electron chi connectivity index (χ2n) is 8.60. The van der Waals surface area contributed by atoms with Crippen molar-refractivity contribution < 1.29 is 4.74 Å². The molecule has 0 spiro atoms. The molecule has 3 nitrogen and oxygen atoms in total. The van der Waals surface area contributed by atoms with Gasteiger partial charge in [-0.05, 0) is 57.9 Å². The Balaban J connectivity index is 1.97. The predicted octanol–water partition coefficient (Wildman–Crippen LogP) is 3.29. The van der Waals surface area contributed by atoms with E-state index in [-0.39, 0.29) is 5.60 Å². The minimum absolute atomic E-state index is 0.00185. The van der Waals surface area contributed by atoms with Crippen LogP contribution in [0.4, 0.5) is 0 Å². The number of rotatable bonds is 5. The minimum atomic E-state index is -0.00185. The van der Waals surface area contributed by atoms with E-state index < -0.39 is 0 Å². The Bertz CT molecular complexity index is 340. The van der Waals surface area contributed by atoms with Crippen molar-refractivity contribution in [3.63, 3.8) is 0 Å². The highest BCUT2D eigenvalue weighted by Crippen LogP contribution is 2.42. The van der Waals surface area contributed by atoms with E-state index in [9.17, 15) is 0 Å². The summed E-state index contributed by atoms with van der Waals surface area (Å²) in [5.41, 5.74) is 0.436. The Morgan fingerprint density at radius 1 is 1.24 bits per heavy atom. The second kappa shape index (κ2) is 6.55. The van der Waals surface area contributed by atoms with E-state index in [1.54, 1.807) is 0 Å². The minimum Gasteiger partial charge on any atom is -0.370 e. The standard InChI is InChI=1S/C18H36N2O/c1-7-10-19-16-15(8-9-17(16,3)4)12-20-11-14(2)21-18(5,6)13-20/h14-16,19H,7-13H2,1-6H3. The van der Waals surface area contributed by atoms with Crippen LogP contribution in [0, 0.1) is 11.3 Å². The summed E-state index contributed by atoms with van der Waals surface area (Å²) in [7, 11) is 0. The number of morpholine rings is 1. The summed E-state index contributed by atoms with van der Waals surface area (Å²) in [5, 5.41) is 3.84. The van der Waals surface area contributed by atoms with E-state index in [2.05, 4.69) is 51.8 Å². The van der Waals surface area contributed by atoms with Crippen LogP contribution in [0.2, 0.25) is 0 Å². The van der Waals surface area contributed by atoms with E-state index in [1.807, 2.05) is 0 Å². The Hall–Kier alpha value is -0.120. The van der Waals surface area contributed by atoms with Gasteiger partial charge >= 0.3 is 0 Å². The van der Waals surface area contributed by atoms with Gasteiger partial charge in [0.25, 0.3) is 0 Å². The maximum atomic E-state index is 6.04. The van der Waals surface area contributed by atoms with Crippen molar-refractivity contribution in [3.8, 4) is 0 Å². The van der Waals surface area contributed by atoms with E-state index >= 15 is 0 Å². The second-order valence-corrected chi connectivity index (χ2v) is 8.60. The van der Waals surface area contributed by atoms with Crippen LogP contribution in [0.15, 0.2) is 0 Å². The highest BCUT2D eigenvalue weighted by atomic mass is 16.5. The third kappa shape index (κ3) is 4.43. The zero-order chi connectivity index (χ0) is 15.7. The van der Waals surface area contributed by atoms with Gasteiger partial charge in [0.2, 0.25) is 0 Å². The van der Waals surface area contributed by atoms with Gasteiger partial charge in [-0.25, -0.2) is 0 Å². The molecule has 0 bridgehead atoms. The largest absolute Gasteiger partial charge is 0.370 e. The van der Waals surface area contributed by atoms with Gasteiger partial charge in [0.05, 0.1) is 11.7 Å². The lowest BCUT2D eigenvalue weighted by Gasteiger charge is -2.43. The molecule has 1 N–H and O–H groups in total. The summed E-state index contributed by atoms with van der Waals surface area (Å²) in [6, 6.07) is 0.665. The quantitative estimate of drug-likeness (QED) is 0.842. The average molecular weight is 296 g/mol. The summed E-state index contributed by atoms with van der Waals surface area (Å²) in [6.07, 6.45) is 4.29. The topological polar surface area (TPSA) is 24.5 Å². The van der Waals surface area contributed by atoms with E-state index in [4.69, 9.17) is 4.74 Å².